The lowest BCUT2D eigenvalue weighted by Gasteiger charge is -2.11. The predicted molar refractivity (Wildman–Crippen MR) is 91.1 cm³/mol. The molecule has 0 atom stereocenters. The van der Waals surface area contributed by atoms with E-state index in [0.29, 0.717) is 0 Å². The molecular weight excluding hydrogens is 369 g/mol. The number of thiophene rings is 1. The molecule has 0 radical (unpaired) electrons. The molecule has 0 fully saturated rings. The summed E-state index contributed by atoms with van der Waals surface area (Å²) in [7, 11) is 0. The molecule has 0 aliphatic carbocycles. The van der Waals surface area contributed by atoms with E-state index in [9.17, 15) is 0 Å². The summed E-state index contributed by atoms with van der Waals surface area (Å²) in [5.74, 6) is 1.79. The van der Waals surface area contributed by atoms with E-state index in [2.05, 4.69) is 61.7 Å². The quantitative estimate of drug-likeness (QED) is 0.790. The first-order valence-corrected chi connectivity index (χ1v) is 8.34. The van der Waals surface area contributed by atoms with Gasteiger partial charge in [-0.25, -0.2) is 9.97 Å². The van der Waals surface area contributed by atoms with Gasteiger partial charge in [0.25, 0.3) is 0 Å². The van der Waals surface area contributed by atoms with Crippen LogP contribution in [0.5, 0.6) is 0 Å². The van der Waals surface area contributed by atoms with Crippen molar-refractivity contribution < 1.29 is 0 Å². The molecule has 0 saturated carbocycles. The number of rotatable bonds is 4. The molecule has 0 aliphatic rings. The van der Waals surface area contributed by atoms with Crippen LogP contribution in [-0.4, -0.2) is 16.5 Å². The first-order valence-electron chi connectivity index (χ1n) is 6.44. The lowest BCUT2D eigenvalue weighted by Crippen LogP contribution is -2.07. The summed E-state index contributed by atoms with van der Waals surface area (Å²) in [6.45, 7) is 9.35. The summed E-state index contributed by atoms with van der Waals surface area (Å²) in [6.07, 6.45) is 0.925. The van der Waals surface area contributed by atoms with Gasteiger partial charge in [-0.15, -0.1) is 11.3 Å². The fourth-order valence-electron chi connectivity index (χ4n) is 1.99. The number of aromatic nitrogens is 2. The molecule has 0 saturated heterocycles. The number of hydrogen-bond donors (Lipinski definition) is 1. The molecule has 2 aromatic rings. The van der Waals surface area contributed by atoms with Crippen LogP contribution in [-0.2, 0) is 6.42 Å². The third-order valence-corrected chi connectivity index (χ3v) is 4.98. The molecule has 2 rings (SSSR count). The van der Waals surface area contributed by atoms with Crippen LogP contribution in [0, 0.1) is 17.4 Å². The second-order valence-electron chi connectivity index (χ2n) is 4.37. The van der Waals surface area contributed by atoms with Crippen LogP contribution in [0.4, 0.5) is 5.82 Å². The molecule has 19 heavy (non-hydrogen) atoms. The van der Waals surface area contributed by atoms with Gasteiger partial charge in [-0.05, 0) is 55.8 Å². The zero-order valence-electron chi connectivity index (χ0n) is 11.7. The standard InChI is InChI=1S/C14H18IN3S/c1-5-11-12(15)14(16-6-2)18-13(17-11)10-7-8(3)19-9(10)4/h7H,5-6H2,1-4H3,(H,16,17,18). The van der Waals surface area contributed by atoms with E-state index < -0.39 is 0 Å². The Hall–Kier alpha value is -0.690. The van der Waals surface area contributed by atoms with Crippen LogP contribution < -0.4 is 5.32 Å². The summed E-state index contributed by atoms with van der Waals surface area (Å²) in [5.41, 5.74) is 2.28. The minimum atomic E-state index is 0.843. The summed E-state index contributed by atoms with van der Waals surface area (Å²) in [5, 5.41) is 3.33. The minimum Gasteiger partial charge on any atom is -0.369 e. The smallest absolute Gasteiger partial charge is 0.162 e. The highest BCUT2D eigenvalue weighted by Crippen LogP contribution is 2.31. The molecule has 0 aliphatic heterocycles. The maximum Gasteiger partial charge on any atom is 0.162 e. The number of nitrogens with one attached hydrogen (secondary N) is 1. The van der Waals surface area contributed by atoms with Gasteiger partial charge in [0.2, 0.25) is 0 Å². The Kier molecular flexibility index (Phi) is 4.78. The van der Waals surface area contributed by atoms with Gasteiger partial charge in [0, 0.05) is 21.9 Å². The van der Waals surface area contributed by atoms with E-state index in [1.165, 1.54) is 9.75 Å². The number of anilines is 1. The first kappa shape index (κ1) is 14.7. The maximum atomic E-state index is 4.73. The van der Waals surface area contributed by atoms with Crippen molar-refractivity contribution in [1.82, 2.24) is 9.97 Å². The zero-order chi connectivity index (χ0) is 14.0. The topological polar surface area (TPSA) is 37.8 Å². The lowest BCUT2D eigenvalue weighted by atomic mass is 10.2. The number of halogens is 1. The molecule has 102 valence electrons. The van der Waals surface area contributed by atoms with Crippen molar-refractivity contribution in [3.63, 3.8) is 0 Å². The van der Waals surface area contributed by atoms with Crippen molar-refractivity contribution in [2.24, 2.45) is 0 Å². The fourth-order valence-corrected chi connectivity index (χ4v) is 3.72. The fraction of sp³-hybridized carbons (Fsp3) is 0.429. The van der Waals surface area contributed by atoms with Gasteiger partial charge < -0.3 is 5.32 Å². The van der Waals surface area contributed by atoms with Crippen molar-refractivity contribution in [1.29, 1.82) is 0 Å². The molecule has 0 amide bonds. The van der Waals surface area contributed by atoms with Gasteiger partial charge in [-0.2, -0.15) is 0 Å². The lowest BCUT2D eigenvalue weighted by molar-refractivity contribution is 0.982. The SMILES string of the molecule is CCNc1nc(-c2cc(C)sc2C)nc(CC)c1I. The molecular formula is C14H18IN3S. The number of nitrogens with zero attached hydrogens (tertiary/aromatic N) is 2. The van der Waals surface area contributed by atoms with Gasteiger partial charge >= 0.3 is 0 Å². The zero-order valence-corrected chi connectivity index (χ0v) is 14.6. The molecule has 1 N–H and O–H groups in total. The van der Waals surface area contributed by atoms with Crippen molar-refractivity contribution in [2.75, 3.05) is 11.9 Å². The minimum absolute atomic E-state index is 0.843. The van der Waals surface area contributed by atoms with Crippen molar-refractivity contribution in [3.05, 3.63) is 25.1 Å². The van der Waals surface area contributed by atoms with Gasteiger partial charge in [0.05, 0.1) is 9.26 Å². The maximum absolute atomic E-state index is 4.73. The van der Waals surface area contributed by atoms with Crippen LogP contribution in [0.15, 0.2) is 6.07 Å². The molecule has 2 heterocycles. The third kappa shape index (κ3) is 3.08. The van der Waals surface area contributed by atoms with E-state index in [1.807, 2.05) is 0 Å². The van der Waals surface area contributed by atoms with E-state index in [4.69, 9.17) is 9.97 Å². The molecule has 5 heteroatoms. The number of aryl methyl sites for hydroxylation is 3. The van der Waals surface area contributed by atoms with E-state index in [0.717, 1.165) is 39.4 Å². The average molecular weight is 387 g/mol. The third-order valence-electron chi connectivity index (χ3n) is 2.88. The second-order valence-corrected chi connectivity index (χ2v) is 6.91. The Morgan fingerprint density at radius 1 is 1.26 bits per heavy atom. The molecule has 0 bridgehead atoms. The van der Waals surface area contributed by atoms with E-state index in [-0.39, 0.29) is 0 Å². The Morgan fingerprint density at radius 2 is 2.00 bits per heavy atom. The molecule has 2 aromatic heterocycles. The Bertz CT molecular complexity index is 593. The largest absolute Gasteiger partial charge is 0.369 e. The second kappa shape index (κ2) is 6.17. The van der Waals surface area contributed by atoms with Crippen molar-refractivity contribution in [3.8, 4) is 11.4 Å². The highest BCUT2D eigenvalue weighted by molar-refractivity contribution is 14.1. The summed E-state index contributed by atoms with van der Waals surface area (Å²) >= 11 is 4.13. The van der Waals surface area contributed by atoms with Crippen molar-refractivity contribution in [2.45, 2.75) is 34.1 Å². The monoisotopic (exact) mass is 387 g/mol. The summed E-state index contributed by atoms with van der Waals surface area (Å²) in [6, 6.07) is 2.18. The van der Waals surface area contributed by atoms with Crippen molar-refractivity contribution >= 4 is 39.7 Å². The van der Waals surface area contributed by atoms with Crippen LogP contribution in [0.25, 0.3) is 11.4 Å². The molecule has 0 spiro atoms. The van der Waals surface area contributed by atoms with Crippen LogP contribution in [0.3, 0.4) is 0 Å². The molecule has 3 nitrogen and oxygen atoms in total. The highest BCUT2D eigenvalue weighted by atomic mass is 127. The van der Waals surface area contributed by atoms with E-state index in [1.54, 1.807) is 11.3 Å². The van der Waals surface area contributed by atoms with Crippen LogP contribution in [0.1, 0.15) is 29.3 Å². The van der Waals surface area contributed by atoms with Gasteiger partial charge in [-0.1, -0.05) is 6.92 Å². The van der Waals surface area contributed by atoms with Crippen LogP contribution in [0.2, 0.25) is 0 Å². The van der Waals surface area contributed by atoms with Crippen LogP contribution >= 0.6 is 33.9 Å². The Balaban J connectivity index is 2.57. The molecule has 0 aromatic carbocycles. The average Bonchev–Trinajstić information content (AvgIpc) is 2.71. The van der Waals surface area contributed by atoms with Gasteiger partial charge in [-0.3, -0.25) is 0 Å². The summed E-state index contributed by atoms with van der Waals surface area (Å²) < 4.78 is 1.13. The summed E-state index contributed by atoms with van der Waals surface area (Å²) in [4.78, 5) is 12.0. The van der Waals surface area contributed by atoms with E-state index >= 15 is 0 Å². The normalized spacial score (nSPS) is 10.8. The number of hydrogen-bond acceptors (Lipinski definition) is 4. The highest BCUT2D eigenvalue weighted by Gasteiger charge is 2.14. The predicted octanol–water partition coefficient (Wildman–Crippen LogP) is 4.42. The molecule has 0 unspecified atom stereocenters. The first-order chi connectivity index (χ1) is 9.06. The van der Waals surface area contributed by atoms with Gasteiger partial charge in [0.1, 0.15) is 5.82 Å². The van der Waals surface area contributed by atoms with Gasteiger partial charge in [0.15, 0.2) is 5.82 Å². The Morgan fingerprint density at radius 3 is 2.53 bits per heavy atom. The Labute approximate surface area is 132 Å².